The first-order chi connectivity index (χ1) is 9.19. The van der Waals surface area contributed by atoms with Gasteiger partial charge in [0, 0.05) is 5.41 Å². The summed E-state index contributed by atoms with van der Waals surface area (Å²) in [5, 5.41) is 2.54. The summed E-state index contributed by atoms with van der Waals surface area (Å²) in [4.78, 5) is 0. The van der Waals surface area contributed by atoms with Crippen molar-refractivity contribution in [1.29, 1.82) is 0 Å². The molecule has 3 aromatic rings. The highest BCUT2D eigenvalue weighted by atomic mass is 14.4. The van der Waals surface area contributed by atoms with E-state index in [2.05, 4.69) is 74.5 Å². The van der Waals surface area contributed by atoms with E-state index in [1.54, 1.807) is 0 Å². The summed E-state index contributed by atoms with van der Waals surface area (Å²) in [6.07, 6.45) is 0. The maximum absolute atomic E-state index is 3.43. The molecule has 1 radical (unpaired) electrons. The van der Waals surface area contributed by atoms with E-state index >= 15 is 0 Å². The Hall–Kier alpha value is -2.08. The van der Waals surface area contributed by atoms with Crippen molar-refractivity contribution in [2.24, 2.45) is 0 Å². The topological polar surface area (TPSA) is 0 Å². The third-order valence-electron chi connectivity index (χ3n) is 4.35. The lowest BCUT2D eigenvalue weighted by Gasteiger charge is -2.23. The molecule has 0 amide bonds. The van der Waals surface area contributed by atoms with Crippen LogP contribution in [0.4, 0.5) is 0 Å². The van der Waals surface area contributed by atoms with Crippen molar-refractivity contribution in [3.8, 4) is 11.1 Å². The van der Waals surface area contributed by atoms with Gasteiger partial charge in [-0.05, 0) is 45.2 Å². The molecule has 91 valence electrons. The Balaban J connectivity index is 2.20. The van der Waals surface area contributed by atoms with Crippen molar-refractivity contribution < 1.29 is 0 Å². The Morgan fingerprint density at radius 3 is 2.47 bits per heavy atom. The fraction of sp³-hybridized carbons (Fsp3) is 0.158. The summed E-state index contributed by atoms with van der Waals surface area (Å²) < 4.78 is 0. The zero-order valence-corrected chi connectivity index (χ0v) is 11.2. The molecule has 0 heteroatoms. The number of hydrogen-bond acceptors (Lipinski definition) is 0. The fourth-order valence-electron chi connectivity index (χ4n) is 3.48. The molecule has 0 aromatic heterocycles. The maximum atomic E-state index is 3.43. The Labute approximate surface area is 113 Å². The van der Waals surface area contributed by atoms with Gasteiger partial charge < -0.3 is 0 Å². The minimum absolute atomic E-state index is 0.0701. The highest BCUT2D eigenvalue weighted by Gasteiger charge is 2.36. The van der Waals surface area contributed by atoms with Crippen molar-refractivity contribution in [1.82, 2.24) is 0 Å². The van der Waals surface area contributed by atoms with Crippen LogP contribution in [-0.4, -0.2) is 0 Å². The first kappa shape index (κ1) is 10.8. The average molecular weight is 243 g/mol. The molecule has 0 N–H and O–H groups in total. The van der Waals surface area contributed by atoms with Crippen molar-refractivity contribution in [2.45, 2.75) is 19.3 Å². The van der Waals surface area contributed by atoms with Crippen LogP contribution >= 0.6 is 0 Å². The van der Waals surface area contributed by atoms with Gasteiger partial charge in [0.1, 0.15) is 0 Å². The normalized spacial score (nSPS) is 15.3. The molecule has 19 heavy (non-hydrogen) atoms. The van der Waals surface area contributed by atoms with Gasteiger partial charge in [-0.3, -0.25) is 0 Å². The van der Waals surface area contributed by atoms with Crippen molar-refractivity contribution >= 4 is 10.8 Å². The Morgan fingerprint density at radius 2 is 1.58 bits per heavy atom. The largest absolute Gasteiger partial charge is 0.0619 e. The molecule has 0 spiro atoms. The van der Waals surface area contributed by atoms with E-state index in [4.69, 9.17) is 0 Å². The van der Waals surface area contributed by atoms with E-state index in [0.717, 1.165) is 0 Å². The molecule has 3 aromatic carbocycles. The van der Waals surface area contributed by atoms with Gasteiger partial charge in [0.15, 0.2) is 0 Å². The van der Waals surface area contributed by atoms with Crippen molar-refractivity contribution in [3.05, 3.63) is 71.8 Å². The first-order valence-corrected chi connectivity index (χ1v) is 6.73. The molecule has 0 atom stereocenters. The van der Waals surface area contributed by atoms with E-state index in [-0.39, 0.29) is 5.41 Å². The van der Waals surface area contributed by atoms with E-state index in [1.807, 2.05) is 0 Å². The monoisotopic (exact) mass is 243 g/mol. The van der Waals surface area contributed by atoms with Crippen LogP contribution in [0.15, 0.2) is 54.6 Å². The second-order valence-electron chi connectivity index (χ2n) is 5.79. The fourth-order valence-corrected chi connectivity index (χ4v) is 3.48. The SMILES string of the molecule is CC1(C)c2ccccc2-c2c[c]c3ccccc3c21. The van der Waals surface area contributed by atoms with Gasteiger partial charge in [-0.1, -0.05) is 62.4 Å². The zero-order valence-electron chi connectivity index (χ0n) is 11.2. The van der Waals surface area contributed by atoms with Crippen LogP contribution in [0.1, 0.15) is 25.0 Å². The quantitative estimate of drug-likeness (QED) is 0.524. The molecule has 0 nitrogen and oxygen atoms in total. The van der Waals surface area contributed by atoms with Crippen LogP contribution in [0, 0.1) is 6.07 Å². The van der Waals surface area contributed by atoms with Crippen molar-refractivity contribution in [2.75, 3.05) is 0 Å². The number of fused-ring (bicyclic) bond motifs is 5. The molecule has 0 aliphatic heterocycles. The maximum Gasteiger partial charge on any atom is 0.0165 e. The van der Waals surface area contributed by atoms with Gasteiger partial charge in [-0.2, -0.15) is 0 Å². The predicted octanol–water partition coefficient (Wildman–Crippen LogP) is 4.95. The molecule has 0 saturated carbocycles. The van der Waals surface area contributed by atoms with Gasteiger partial charge in [0.2, 0.25) is 0 Å². The van der Waals surface area contributed by atoms with Crippen LogP contribution in [0.2, 0.25) is 0 Å². The number of hydrogen-bond donors (Lipinski definition) is 0. The summed E-state index contributed by atoms with van der Waals surface area (Å²) in [5.74, 6) is 0. The van der Waals surface area contributed by atoms with Gasteiger partial charge in [-0.25, -0.2) is 0 Å². The smallest absolute Gasteiger partial charge is 0.0165 e. The molecular formula is C19H15. The molecule has 0 saturated heterocycles. The Morgan fingerprint density at radius 1 is 0.842 bits per heavy atom. The Kier molecular flexibility index (Phi) is 1.98. The summed E-state index contributed by atoms with van der Waals surface area (Å²) in [6, 6.07) is 22.9. The lowest BCUT2D eigenvalue weighted by Crippen LogP contribution is -2.15. The van der Waals surface area contributed by atoms with Gasteiger partial charge in [0.25, 0.3) is 0 Å². The van der Waals surface area contributed by atoms with E-state index in [0.29, 0.717) is 0 Å². The number of benzene rings is 3. The third-order valence-corrected chi connectivity index (χ3v) is 4.35. The first-order valence-electron chi connectivity index (χ1n) is 6.73. The molecule has 0 bridgehead atoms. The molecule has 0 heterocycles. The second kappa shape index (κ2) is 3.48. The highest BCUT2D eigenvalue weighted by molar-refractivity contribution is 5.96. The van der Waals surface area contributed by atoms with Crippen LogP contribution < -0.4 is 0 Å². The lowest BCUT2D eigenvalue weighted by atomic mass is 9.80. The zero-order chi connectivity index (χ0) is 13.0. The van der Waals surface area contributed by atoms with Gasteiger partial charge >= 0.3 is 0 Å². The van der Waals surface area contributed by atoms with Crippen LogP contribution in [0.3, 0.4) is 0 Å². The highest BCUT2D eigenvalue weighted by Crippen LogP contribution is 2.50. The van der Waals surface area contributed by atoms with Crippen LogP contribution in [-0.2, 0) is 5.41 Å². The van der Waals surface area contributed by atoms with Crippen LogP contribution in [0.5, 0.6) is 0 Å². The van der Waals surface area contributed by atoms with Crippen LogP contribution in [0.25, 0.3) is 21.9 Å². The standard InChI is InChI=1S/C19H15/c1-19(2)17-10-6-5-9-15(17)16-12-11-13-7-3-4-8-14(13)18(16)19/h3-10,12H,1-2H3. The minimum Gasteiger partial charge on any atom is -0.0619 e. The molecule has 1 aliphatic carbocycles. The lowest BCUT2D eigenvalue weighted by molar-refractivity contribution is 0.666. The summed E-state index contributed by atoms with van der Waals surface area (Å²) in [5.41, 5.74) is 5.65. The van der Waals surface area contributed by atoms with E-state index < -0.39 is 0 Å². The van der Waals surface area contributed by atoms with E-state index in [1.165, 1.54) is 33.0 Å². The van der Waals surface area contributed by atoms with Gasteiger partial charge in [0.05, 0.1) is 0 Å². The predicted molar refractivity (Wildman–Crippen MR) is 80.3 cm³/mol. The molecule has 0 fully saturated rings. The third kappa shape index (κ3) is 1.29. The Bertz CT molecular complexity index is 794. The molecule has 0 unspecified atom stereocenters. The van der Waals surface area contributed by atoms with Gasteiger partial charge in [-0.15, -0.1) is 0 Å². The minimum atomic E-state index is 0.0701. The second-order valence-corrected chi connectivity index (χ2v) is 5.79. The molecule has 4 rings (SSSR count). The summed E-state index contributed by atoms with van der Waals surface area (Å²) in [6.45, 7) is 4.65. The average Bonchev–Trinajstić information content (AvgIpc) is 2.68. The molecule has 1 aliphatic rings. The molecular weight excluding hydrogens is 228 g/mol. The van der Waals surface area contributed by atoms with Crippen molar-refractivity contribution in [3.63, 3.8) is 0 Å². The number of rotatable bonds is 0. The van der Waals surface area contributed by atoms with E-state index in [9.17, 15) is 0 Å². The summed E-state index contributed by atoms with van der Waals surface area (Å²) >= 11 is 0. The summed E-state index contributed by atoms with van der Waals surface area (Å²) in [7, 11) is 0.